The Bertz CT molecular complexity index is 430. The lowest BCUT2D eigenvalue weighted by Crippen LogP contribution is -2.37. The fraction of sp³-hybridized carbons (Fsp3) is 0.600. The van der Waals surface area contributed by atoms with E-state index >= 15 is 0 Å². The monoisotopic (exact) mass is 293 g/mol. The van der Waals surface area contributed by atoms with Crippen molar-refractivity contribution in [2.45, 2.75) is 13.0 Å². The Kier molecular flexibility index (Phi) is 6.59. The molecule has 2 heterocycles. The van der Waals surface area contributed by atoms with Crippen LogP contribution < -0.4 is 5.32 Å². The van der Waals surface area contributed by atoms with Crippen molar-refractivity contribution in [1.82, 2.24) is 15.2 Å². The Labute approximate surface area is 125 Å². The minimum atomic E-state index is -0.354. The highest BCUT2D eigenvalue weighted by molar-refractivity contribution is 5.88. The molecule has 0 unspecified atom stereocenters. The number of esters is 1. The van der Waals surface area contributed by atoms with Crippen LogP contribution in [-0.2, 0) is 16.0 Å². The van der Waals surface area contributed by atoms with Crippen LogP contribution in [0.25, 0.3) is 0 Å². The molecule has 0 aromatic carbocycles. The third-order valence-electron chi connectivity index (χ3n) is 3.48. The molecular weight excluding hydrogens is 270 g/mol. The molecule has 0 bridgehead atoms. The highest BCUT2D eigenvalue weighted by atomic mass is 16.5. The van der Waals surface area contributed by atoms with Crippen LogP contribution >= 0.6 is 0 Å². The van der Waals surface area contributed by atoms with Crippen molar-refractivity contribution in [2.75, 3.05) is 46.5 Å². The van der Waals surface area contributed by atoms with E-state index in [1.54, 1.807) is 12.3 Å². The Morgan fingerprint density at radius 2 is 2.24 bits per heavy atom. The molecule has 2 rings (SSSR count). The second-order valence-electron chi connectivity index (χ2n) is 5.01. The van der Waals surface area contributed by atoms with Crippen molar-refractivity contribution in [2.24, 2.45) is 0 Å². The zero-order valence-corrected chi connectivity index (χ0v) is 12.5. The van der Waals surface area contributed by atoms with E-state index in [1.165, 1.54) is 7.11 Å². The van der Waals surface area contributed by atoms with E-state index in [0.29, 0.717) is 12.1 Å². The number of hydrogen-bond donors (Lipinski definition) is 1. The predicted octanol–water partition coefficient (Wildman–Crippen LogP) is 0.680. The molecule has 6 heteroatoms. The lowest BCUT2D eigenvalue weighted by Gasteiger charge is -2.26. The quantitative estimate of drug-likeness (QED) is 0.589. The van der Waals surface area contributed by atoms with Gasteiger partial charge in [0, 0.05) is 25.8 Å². The molecule has 1 N–H and O–H groups in total. The summed E-state index contributed by atoms with van der Waals surface area (Å²) in [7, 11) is 1.37. The van der Waals surface area contributed by atoms with Gasteiger partial charge in [0.2, 0.25) is 0 Å². The fourth-order valence-electron chi connectivity index (χ4n) is 2.24. The van der Waals surface area contributed by atoms with Gasteiger partial charge in [-0.2, -0.15) is 0 Å². The van der Waals surface area contributed by atoms with Gasteiger partial charge in [0.25, 0.3) is 0 Å². The molecule has 6 nitrogen and oxygen atoms in total. The van der Waals surface area contributed by atoms with E-state index in [9.17, 15) is 4.79 Å². The maximum atomic E-state index is 11.3. The molecule has 0 radical (unpaired) electrons. The first-order valence-corrected chi connectivity index (χ1v) is 7.33. The number of pyridine rings is 1. The van der Waals surface area contributed by atoms with Gasteiger partial charge in [0.15, 0.2) is 0 Å². The highest BCUT2D eigenvalue weighted by Crippen LogP contribution is 2.02. The molecule has 0 atom stereocenters. The third kappa shape index (κ3) is 5.41. The number of methoxy groups -OCH3 is 1. The van der Waals surface area contributed by atoms with Crippen LogP contribution in [0.5, 0.6) is 0 Å². The van der Waals surface area contributed by atoms with Gasteiger partial charge in [-0.25, -0.2) is 4.79 Å². The molecule has 1 fully saturated rings. The summed E-state index contributed by atoms with van der Waals surface area (Å²) >= 11 is 0. The van der Waals surface area contributed by atoms with Crippen LogP contribution in [-0.4, -0.2) is 62.4 Å². The number of hydrogen-bond acceptors (Lipinski definition) is 6. The largest absolute Gasteiger partial charge is 0.465 e. The van der Waals surface area contributed by atoms with Crippen molar-refractivity contribution in [3.05, 3.63) is 29.6 Å². The lowest BCUT2D eigenvalue weighted by molar-refractivity contribution is 0.0374. The fourth-order valence-corrected chi connectivity index (χ4v) is 2.24. The van der Waals surface area contributed by atoms with Crippen LogP contribution in [0.3, 0.4) is 0 Å². The van der Waals surface area contributed by atoms with E-state index in [2.05, 4.69) is 19.9 Å². The SMILES string of the molecule is COC(=O)c1ccc(CNCCCN2CCOCC2)nc1. The average molecular weight is 293 g/mol. The number of nitrogens with one attached hydrogen (secondary N) is 1. The molecule has 1 aromatic rings. The van der Waals surface area contributed by atoms with E-state index in [4.69, 9.17) is 4.74 Å². The molecule has 116 valence electrons. The molecule has 1 aliphatic rings. The van der Waals surface area contributed by atoms with Crippen LogP contribution in [0, 0.1) is 0 Å². The first kappa shape index (κ1) is 15.9. The molecule has 0 spiro atoms. The molecule has 21 heavy (non-hydrogen) atoms. The maximum Gasteiger partial charge on any atom is 0.339 e. The van der Waals surface area contributed by atoms with Gasteiger partial charge in [-0.05, 0) is 31.6 Å². The second-order valence-corrected chi connectivity index (χ2v) is 5.01. The highest BCUT2D eigenvalue weighted by Gasteiger charge is 2.09. The Balaban J connectivity index is 1.61. The van der Waals surface area contributed by atoms with E-state index in [0.717, 1.165) is 51.5 Å². The summed E-state index contributed by atoms with van der Waals surface area (Å²) in [6, 6.07) is 3.59. The average Bonchev–Trinajstić information content (AvgIpc) is 2.55. The minimum Gasteiger partial charge on any atom is -0.465 e. The third-order valence-corrected chi connectivity index (χ3v) is 3.48. The number of nitrogens with zero attached hydrogens (tertiary/aromatic N) is 2. The molecule has 0 aliphatic carbocycles. The van der Waals surface area contributed by atoms with Crippen LogP contribution in [0.4, 0.5) is 0 Å². The van der Waals surface area contributed by atoms with Crippen molar-refractivity contribution >= 4 is 5.97 Å². The van der Waals surface area contributed by atoms with Gasteiger partial charge >= 0.3 is 5.97 Å². The van der Waals surface area contributed by atoms with Crippen LogP contribution in [0.15, 0.2) is 18.3 Å². The second kappa shape index (κ2) is 8.71. The van der Waals surface area contributed by atoms with Crippen LogP contribution in [0.2, 0.25) is 0 Å². The van der Waals surface area contributed by atoms with E-state index in [-0.39, 0.29) is 5.97 Å². The smallest absolute Gasteiger partial charge is 0.339 e. The predicted molar refractivity (Wildman–Crippen MR) is 79.2 cm³/mol. The van der Waals surface area contributed by atoms with Gasteiger partial charge in [-0.15, -0.1) is 0 Å². The topological polar surface area (TPSA) is 63.7 Å². The van der Waals surface area contributed by atoms with Crippen molar-refractivity contribution in [1.29, 1.82) is 0 Å². The number of carbonyl (C=O) groups excluding carboxylic acids is 1. The summed E-state index contributed by atoms with van der Waals surface area (Å²) in [5.74, 6) is -0.354. The van der Waals surface area contributed by atoms with Gasteiger partial charge in [-0.1, -0.05) is 0 Å². The normalized spacial score (nSPS) is 15.9. The number of aromatic nitrogens is 1. The molecule has 0 amide bonds. The zero-order valence-electron chi connectivity index (χ0n) is 12.5. The van der Waals surface area contributed by atoms with Crippen molar-refractivity contribution < 1.29 is 14.3 Å². The van der Waals surface area contributed by atoms with Gasteiger partial charge in [0.05, 0.1) is 31.6 Å². The summed E-state index contributed by atoms with van der Waals surface area (Å²) in [6.45, 7) is 6.55. The summed E-state index contributed by atoms with van der Waals surface area (Å²) in [5.41, 5.74) is 1.41. The molecule has 1 aliphatic heterocycles. The maximum absolute atomic E-state index is 11.3. The standard InChI is InChI=1S/C15H23N3O3/c1-20-15(19)13-3-4-14(17-11-13)12-16-5-2-6-18-7-9-21-10-8-18/h3-4,11,16H,2,5-10,12H2,1H3. The van der Waals surface area contributed by atoms with Crippen LogP contribution in [0.1, 0.15) is 22.5 Å². The summed E-state index contributed by atoms with van der Waals surface area (Å²) in [6.07, 6.45) is 2.66. The summed E-state index contributed by atoms with van der Waals surface area (Å²) in [4.78, 5) is 18.0. The molecule has 1 aromatic heterocycles. The number of ether oxygens (including phenoxy) is 2. The van der Waals surface area contributed by atoms with Gasteiger partial charge in [0.1, 0.15) is 0 Å². The summed E-state index contributed by atoms with van der Waals surface area (Å²) < 4.78 is 9.96. The molecule has 1 saturated heterocycles. The Morgan fingerprint density at radius 1 is 1.43 bits per heavy atom. The van der Waals surface area contributed by atoms with Gasteiger partial charge < -0.3 is 14.8 Å². The van der Waals surface area contributed by atoms with Crippen molar-refractivity contribution in [3.63, 3.8) is 0 Å². The Morgan fingerprint density at radius 3 is 2.90 bits per heavy atom. The zero-order chi connectivity index (χ0) is 14.9. The lowest BCUT2D eigenvalue weighted by atomic mass is 10.2. The molecule has 0 saturated carbocycles. The Hall–Kier alpha value is -1.50. The minimum absolute atomic E-state index is 0.354. The first-order valence-electron chi connectivity index (χ1n) is 7.33. The first-order chi connectivity index (χ1) is 10.3. The number of rotatable bonds is 7. The molecular formula is C15H23N3O3. The number of morpholine rings is 1. The summed E-state index contributed by atoms with van der Waals surface area (Å²) in [5, 5.41) is 3.37. The van der Waals surface area contributed by atoms with E-state index in [1.807, 2.05) is 6.07 Å². The van der Waals surface area contributed by atoms with Crippen molar-refractivity contribution in [3.8, 4) is 0 Å². The van der Waals surface area contributed by atoms with Gasteiger partial charge in [-0.3, -0.25) is 9.88 Å². The number of carbonyl (C=O) groups is 1. The van der Waals surface area contributed by atoms with E-state index < -0.39 is 0 Å².